The van der Waals surface area contributed by atoms with Gasteiger partial charge in [0.25, 0.3) is 0 Å². The number of hydrogen-bond acceptors (Lipinski definition) is 3. The number of carbonyl (C=O) groups excluding carboxylic acids is 1. The smallest absolute Gasteiger partial charge is 0.155 e. The molecule has 4 aliphatic rings. The summed E-state index contributed by atoms with van der Waals surface area (Å²) in [5.41, 5.74) is 13.9. The number of carbonyl (C=O) groups is 1. The van der Waals surface area contributed by atoms with Gasteiger partial charge in [-0.3, -0.25) is 4.79 Å². The van der Waals surface area contributed by atoms with Crippen LogP contribution in [0, 0.1) is 29.6 Å². The van der Waals surface area contributed by atoms with E-state index in [1.54, 1.807) is 11.1 Å². The van der Waals surface area contributed by atoms with Gasteiger partial charge in [0, 0.05) is 38.0 Å². The van der Waals surface area contributed by atoms with Gasteiger partial charge >= 0.3 is 0 Å². The van der Waals surface area contributed by atoms with Crippen molar-refractivity contribution < 1.29 is 4.79 Å². The van der Waals surface area contributed by atoms with Crippen molar-refractivity contribution in [2.45, 2.75) is 63.3 Å². The third kappa shape index (κ3) is 3.37. The van der Waals surface area contributed by atoms with Crippen molar-refractivity contribution in [1.29, 1.82) is 0 Å². The molecule has 31 heavy (non-hydrogen) atoms. The summed E-state index contributed by atoms with van der Waals surface area (Å²) in [7, 11) is 4.17. The second kappa shape index (κ2) is 7.68. The van der Waals surface area contributed by atoms with E-state index >= 15 is 0 Å². The van der Waals surface area contributed by atoms with Gasteiger partial charge in [-0.25, -0.2) is 0 Å². The van der Waals surface area contributed by atoms with Gasteiger partial charge in [0.1, 0.15) is 0 Å². The molecule has 1 saturated carbocycles. The monoisotopic (exact) mass is 414 g/mol. The highest BCUT2D eigenvalue weighted by atomic mass is 16.1. The van der Waals surface area contributed by atoms with Crippen LogP contribution >= 0.6 is 0 Å². The van der Waals surface area contributed by atoms with Crippen LogP contribution in [0.5, 0.6) is 0 Å². The predicted molar refractivity (Wildman–Crippen MR) is 127 cm³/mol. The number of hydrogen-bond donors (Lipinski definition) is 1. The van der Waals surface area contributed by atoms with Crippen LogP contribution in [-0.4, -0.2) is 25.4 Å². The van der Waals surface area contributed by atoms with Crippen LogP contribution in [0.25, 0.3) is 0 Å². The number of benzene rings is 1. The lowest BCUT2D eigenvalue weighted by Gasteiger charge is -2.47. The lowest BCUT2D eigenvalue weighted by atomic mass is 9.58. The lowest BCUT2D eigenvalue weighted by Crippen LogP contribution is -2.46. The number of allylic oxidation sites excluding steroid dienone is 4. The topological polar surface area (TPSA) is 46.3 Å². The van der Waals surface area contributed by atoms with Crippen LogP contribution in [0.3, 0.4) is 0 Å². The summed E-state index contributed by atoms with van der Waals surface area (Å²) in [4.78, 5) is 14.3. The number of nitrogens with two attached hydrogens (primary N) is 1. The van der Waals surface area contributed by atoms with Crippen molar-refractivity contribution in [1.82, 2.24) is 0 Å². The van der Waals surface area contributed by atoms with Crippen molar-refractivity contribution in [2.75, 3.05) is 19.0 Å². The zero-order chi connectivity index (χ0) is 21.8. The zero-order valence-electron chi connectivity index (χ0n) is 19.1. The van der Waals surface area contributed by atoms with E-state index < -0.39 is 0 Å². The number of rotatable bonds is 2. The number of fused-ring (bicyclic) bond motifs is 4. The molecule has 0 aromatic heterocycles. The summed E-state index contributed by atoms with van der Waals surface area (Å²) >= 11 is 0. The fraction of sp³-hybridized carbons (Fsp3) is 0.536. The van der Waals surface area contributed by atoms with Crippen LogP contribution in [-0.2, 0) is 4.79 Å². The molecular formula is C28H34N2O. The molecule has 4 aliphatic carbocycles. The summed E-state index contributed by atoms with van der Waals surface area (Å²) in [6, 6.07) is 9.11. The van der Waals surface area contributed by atoms with Gasteiger partial charge in [0.2, 0.25) is 0 Å². The maximum Gasteiger partial charge on any atom is 0.155 e. The minimum atomic E-state index is -0.363. The third-order valence-corrected chi connectivity index (χ3v) is 8.40. The Morgan fingerprint density at radius 1 is 1.06 bits per heavy atom. The van der Waals surface area contributed by atoms with E-state index in [2.05, 4.69) is 55.1 Å². The Balaban J connectivity index is 1.62. The Kier molecular flexibility index (Phi) is 5.10. The first kappa shape index (κ1) is 20.6. The Morgan fingerprint density at radius 3 is 2.55 bits per heavy atom. The van der Waals surface area contributed by atoms with Crippen molar-refractivity contribution in [3.8, 4) is 11.8 Å². The Labute approximate surface area is 186 Å². The second-order valence-electron chi connectivity index (χ2n) is 10.2. The van der Waals surface area contributed by atoms with Crippen LogP contribution in [0.1, 0.15) is 63.4 Å². The van der Waals surface area contributed by atoms with Gasteiger partial charge in [0.05, 0.1) is 5.54 Å². The molecule has 3 unspecified atom stereocenters. The molecule has 0 amide bonds. The summed E-state index contributed by atoms with van der Waals surface area (Å²) in [6.07, 6.45) is 9.01. The molecule has 2 N–H and O–H groups in total. The van der Waals surface area contributed by atoms with Crippen LogP contribution in [0.2, 0.25) is 0 Å². The Morgan fingerprint density at radius 2 is 1.84 bits per heavy atom. The van der Waals surface area contributed by atoms with E-state index in [4.69, 9.17) is 5.73 Å². The van der Waals surface area contributed by atoms with E-state index in [9.17, 15) is 4.79 Å². The summed E-state index contributed by atoms with van der Waals surface area (Å²) in [5, 5.41) is 0. The average molecular weight is 415 g/mol. The third-order valence-electron chi connectivity index (χ3n) is 8.40. The van der Waals surface area contributed by atoms with Crippen molar-refractivity contribution >= 4 is 11.5 Å². The highest BCUT2D eigenvalue weighted by molar-refractivity contribution is 5.91. The zero-order valence-corrected chi connectivity index (χ0v) is 19.1. The van der Waals surface area contributed by atoms with Gasteiger partial charge in [-0.1, -0.05) is 34.8 Å². The SMILES string of the molecule is CC#C[C@]1(N)CCC2C3=C(C4CCC(=O)C=C4CC3)[C@@H](c3ccc(N(C)C)cc3)CC21. The highest BCUT2D eigenvalue weighted by Crippen LogP contribution is 2.59. The molecule has 3 nitrogen and oxygen atoms in total. The molecular weight excluding hydrogens is 380 g/mol. The predicted octanol–water partition coefficient (Wildman–Crippen LogP) is 4.98. The van der Waals surface area contributed by atoms with E-state index in [-0.39, 0.29) is 5.54 Å². The van der Waals surface area contributed by atoms with Crippen LogP contribution < -0.4 is 10.6 Å². The first-order chi connectivity index (χ1) is 14.9. The lowest BCUT2D eigenvalue weighted by molar-refractivity contribution is -0.115. The summed E-state index contributed by atoms with van der Waals surface area (Å²) in [5.74, 6) is 8.69. The summed E-state index contributed by atoms with van der Waals surface area (Å²) in [6.45, 7) is 1.92. The number of ketones is 1. The minimum Gasteiger partial charge on any atom is -0.378 e. The van der Waals surface area contributed by atoms with Crippen LogP contribution in [0.15, 0.2) is 47.1 Å². The summed E-state index contributed by atoms with van der Waals surface area (Å²) < 4.78 is 0. The molecule has 0 aliphatic heterocycles. The first-order valence-electron chi connectivity index (χ1n) is 11.9. The molecule has 0 heterocycles. The van der Waals surface area contributed by atoms with E-state index in [0.29, 0.717) is 35.9 Å². The molecule has 0 bridgehead atoms. The van der Waals surface area contributed by atoms with Gasteiger partial charge in [-0.15, -0.1) is 5.92 Å². The first-order valence-corrected chi connectivity index (χ1v) is 11.9. The van der Waals surface area contributed by atoms with Crippen LogP contribution in [0.4, 0.5) is 5.69 Å². The molecule has 162 valence electrons. The van der Waals surface area contributed by atoms with E-state index in [0.717, 1.165) is 38.5 Å². The molecule has 5 rings (SSSR count). The molecule has 1 fully saturated rings. The maximum absolute atomic E-state index is 12.1. The average Bonchev–Trinajstić information content (AvgIpc) is 3.09. The van der Waals surface area contributed by atoms with Gasteiger partial charge in [-0.05, 0) is 81.1 Å². The van der Waals surface area contributed by atoms with E-state index in [1.807, 2.05) is 13.0 Å². The Hall–Kier alpha value is -2.31. The number of nitrogens with zero attached hydrogens (tertiary/aromatic N) is 1. The molecule has 1 aromatic rings. The largest absolute Gasteiger partial charge is 0.378 e. The van der Waals surface area contributed by atoms with Crippen molar-refractivity contribution in [2.24, 2.45) is 23.5 Å². The van der Waals surface area contributed by atoms with Gasteiger partial charge in [-0.2, -0.15) is 0 Å². The fourth-order valence-electron chi connectivity index (χ4n) is 6.99. The fourth-order valence-corrected chi connectivity index (χ4v) is 6.99. The molecule has 0 saturated heterocycles. The van der Waals surface area contributed by atoms with Gasteiger partial charge < -0.3 is 10.6 Å². The van der Waals surface area contributed by atoms with Crippen molar-refractivity contribution in [3.05, 3.63) is 52.6 Å². The molecule has 3 heteroatoms. The molecule has 0 radical (unpaired) electrons. The minimum absolute atomic E-state index is 0.316. The second-order valence-corrected chi connectivity index (χ2v) is 10.2. The standard InChI is InChI=1S/C28H34N2O/c1-4-14-28(29)15-13-23-24-11-7-19-16-21(31)10-12-22(19)27(24)25(17-26(23)28)18-5-8-20(9-6-18)30(2)3/h5-6,8-9,16,22-23,25-26H,7,10-13,15,17,29H2,1-3H3/t22?,23?,25-,26?,28+/m1/s1. The molecule has 1 aromatic carbocycles. The molecule has 0 spiro atoms. The molecule has 5 atom stereocenters. The highest BCUT2D eigenvalue weighted by Gasteiger charge is 2.52. The Bertz CT molecular complexity index is 1020. The van der Waals surface area contributed by atoms with E-state index in [1.165, 1.54) is 16.8 Å². The quantitative estimate of drug-likeness (QED) is 0.548. The number of anilines is 1. The van der Waals surface area contributed by atoms with Gasteiger partial charge in [0.15, 0.2) is 5.78 Å². The van der Waals surface area contributed by atoms with Crippen molar-refractivity contribution in [3.63, 3.8) is 0 Å². The normalized spacial score (nSPS) is 34.2. The maximum atomic E-state index is 12.1.